The van der Waals surface area contributed by atoms with Crippen molar-refractivity contribution in [3.63, 3.8) is 0 Å². The lowest BCUT2D eigenvalue weighted by molar-refractivity contribution is 0.670. The van der Waals surface area contributed by atoms with Crippen LogP contribution in [0.4, 0.5) is 17.1 Å². The fourth-order valence-electron chi connectivity index (χ4n) is 8.30. The molecular formula is C52H33NOS. The summed E-state index contributed by atoms with van der Waals surface area (Å²) in [5.41, 5.74) is 12.0. The molecule has 0 N–H and O–H groups in total. The minimum Gasteiger partial charge on any atom is -0.455 e. The van der Waals surface area contributed by atoms with Crippen LogP contribution in [0.25, 0.3) is 86.3 Å². The summed E-state index contributed by atoms with van der Waals surface area (Å²) in [4.78, 5) is 2.45. The molecule has 11 rings (SSSR count). The van der Waals surface area contributed by atoms with Gasteiger partial charge in [-0.2, -0.15) is 0 Å². The van der Waals surface area contributed by atoms with Gasteiger partial charge in [-0.3, -0.25) is 0 Å². The maximum Gasteiger partial charge on any atom is 0.143 e. The molecule has 0 fully saturated rings. The van der Waals surface area contributed by atoms with Gasteiger partial charge in [-0.1, -0.05) is 146 Å². The number of para-hydroxylation sites is 2. The quantitative estimate of drug-likeness (QED) is 0.170. The first-order valence-electron chi connectivity index (χ1n) is 18.7. The molecule has 3 heteroatoms. The van der Waals surface area contributed by atoms with E-state index >= 15 is 0 Å². The summed E-state index contributed by atoms with van der Waals surface area (Å²) in [6.45, 7) is 0. The Bertz CT molecular complexity index is 3200. The van der Waals surface area contributed by atoms with E-state index in [1.165, 1.54) is 42.1 Å². The van der Waals surface area contributed by atoms with E-state index in [-0.39, 0.29) is 0 Å². The van der Waals surface area contributed by atoms with Gasteiger partial charge in [-0.25, -0.2) is 0 Å². The number of hydrogen-bond acceptors (Lipinski definition) is 3. The number of thiophene rings is 1. The molecule has 2 nitrogen and oxygen atoms in total. The van der Waals surface area contributed by atoms with Crippen molar-refractivity contribution >= 4 is 81.3 Å². The molecule has 2 heterocycles. The van der Waals surface area contributed by atoms with Crippen LogP contribution < -0.4 is 4.90 Å². The van der Waals surface area contributed by atoms with E-state index in [1.54, 1.807) is 0 Å². The standard InChI is InChI=1S/C52H33NOS/c1-2-13-34(14-3-1)37-31-38(43-21-11-22-45-44-18-6-8-24-48(44)54-52(43)45)33-40(32-37)53(47-23-12-26-50-51(47)46-19-7-9-25-49(46)55-50)39-29-27-36(28-30-39)42-20-10-16-35-15-4-5-17-41(35)42/h1-33H. The minimum atomic E-state index is 0.897. The Balaban J connectivity index is 1.17. The predicted octanol–water partition coefficient (Wildman–Crippen LogP) is 15.6. The van der Waals surface area contributed by atoms with E-state index < -0.39 is 0 Å². The second-order valence-corrected chi connectivity index (χ2v) is 15.2. The van der Waals surface area contributed by atoms with Gasteiger partial charge in [0.25, 0.3) is 0 Å². The highest BCUT2D eigenvalue weighted by molar-refractivity contribution is 7.26. The first-order valence-corrected chi connectivity index (χ1v) is 19.5. The smallest absolute Gasteiger partial charge is 0.143 e. The molecule has 0 amide bonds. The molecule has 0 saturated heterocycles. The molecule has 0 bridgehead atoms. The van der Waals surface area contributed by atoms with E-state index in [0.29, 0.717) is 0 Å². The summed E-state index contributed by atoms with van der Waals surface area (Å²) in [5.74, 6) is 0. The van der Waals surface area contributed by atoms with E-state index in [1.807, 2.05) is 17.4 Å². The van der Waals surface area contributed by atoms with Gasteiger partial charge in [-0.05, 0) is 93.2 Å². The Morgan fingerprint density at radius 2 is 1.04 bits per heavy atom. The van der Waals surface area contributed by atoms with Crippen LogP contribution in [0.5, 0.6) is 0 Å². The molecule has 0 unspecified atom stereocenters. The van der Waals surface area contributed by atoms with Crippen molar-refractivity contribution in [2.75, 3.05) is 4.90 Å². The average molecular weight is 720 g/mol. The molecule has 0 spiro atoms. The highest BCUT2D eigenvalue weighted by atomic mass is 32.1. The number of rotatable bonds is 6. The minimum absolute atomic E-state index is 0.897. The van der Waals surface area contributed by atoms with Gasteiger partial charge >= 0.3 is 0 Å². The third kappa shape index (κ3) is 5.32. The van der Waals surface area contributed by atoms with Gasteiger partial charge in [0.1, 0.15) is 11.2 Å². The van der Waals surface area contributed by atoms with E-state index in [2.05, 4.69) is 199 Å². The van der Waals surface area contributed by atoms with Crippen molar-refractivity contribution in [1.82, 2.24) is 0 Å². The molecule has 55 heavy (non-hydrogen) atoms. The van der Waals surface area contributed by atoms with E-state index in [4.69, 9.17) is 4.42 Å². The zero-order chi connectivity index (χ0) is 36.3. The molecule has 258 valence electrons. The maximum atomic E-state index is 6.62. The Morgan fingerprint density at radius 3 is 1.93 bits per heavy atom. The Hall–Kier alpha value is -6.94. The van der Waals surface area contributed by atoms with Gasteiger partial charge in [0.15, 0.2) is 0 Å². The zero-order valence-electron chi connectivity index (χ0n) is 29.8. The highest BCUT2D eigenvalue weighted by Crippen LogP contribution is 2.47. The van der Waals surface area contributed by atoms with E-state index in [9.17, 15) is 0 Å². The topological polar surface area (TPSA) is 16.4 Å². The first kappa shape index (κ1) is 31.6. The van der Waals surface area contributed by atoms with Crippen LogP contribution in [0.3, 0.4) is 0 Å². The molecule has 0 aliphatic heterocycles. The summed E-state index contributed by atoms with van der Waals surface area (Å²) in [5, 5.41) is 7.27. The maximum absolute atomic E-state index is 6.62. The summed E-state index contributed by atoms with van der Waals surface area (Å²) < 4.78 is 9.17. The molecule has 0 aliphatic rings. The largest absolute Gasteiger partial charge is 0.455 e. The Labute approximate surface area is 322 Å². The van der Waals surface area contributed by atoms with Gasteiger partial charge in [0.05, 0.1) is 5.69 Å². The number of anilines is 3. The normalized spacial score (nSPS) is 11.6. The summed E-state index contributed by atoms with van der Waals surface area (Å²) in [7, 11) is 0. The van der Waals surface area contributed by atoms with Crippen LogP contribution in [0.15, 0.2) is 205 Å². The lowest BCUT2D eigenvalue weighted by atomic mass is 9.95. The fourth-order valence-corrected chi connectivity index (χ4v) is 9.43. The third-order valence-electron chi connectivity index (χ3n) is 10.8. The van der Waals surface area contributed by atoms with Crippen molar-refractivity contribution in [1.29, 1.82) is 0 Å². The van der Waals surface area contributed by atoms with Crippen molar-refractivity contribution in [3.8, 4) is 33.4 Å². The van der Waals surface area contributed by atoms with Crippen molar-refractivity contribution in [2.45, 2.75) is 0 Å². The van der Waals surface area contributed by atoms with Gasteiger partial charge < -0.3 is 9.32 Å². The molecular weight excluding hydrogens is 687 g/mol. The highest BCUT2D eigenvalue weighted by Gasteiger charge is 2.21. The molecule has 11 aromatic rings. The number of furan rings is 1. The van der Waals surface area contributed by atoms with Crippen molar-refractivity contribution < 1.29 is 4.42 Å². The predicted molar refractivity (Wildman–Crippen MR) is 235 cm³/mol. The fraction of sp³-hybridized carbons (Fsp3) is 0. The lowest BCUT2D eigenvalue weighted by Gasteiger charge is -2.28. The Kier molecular flexibility index (Phi) is 7.39. The van der Waals surface area contributed by atoms with Crippen molar-refractivity contribution in [3.05, 3.63) is 200 Å². The second kappa shape index (κ2) is 12.9. The van der Waals surface area contributed by atoms with Crippen LogP contribution in [0.1, 0.15) is 0 Å². The molecule has 0 saturated carbocycles. The van der Waals surface area contributed by atoms with Crippen LogP contribution in [0.2, 0.25) is 0 Å². The molecule has 9 aromatic carbocycles. The van der Waals surface area contributed by atoms with Gasteiger partial charge in [0, 0.05) is 47.9 Å². The number of benzene rings is 9. The van der Waals surface area contributed by atoms with Crippen LogP contribution in [-0.2, 0) is 0 Å². The van der Waals surface area contributed by atoms with Crippen LogP contribution in [0, 0.1) is 0 Å². The first-order chi connectivity index (χ1) is 27.3. The monoisotopic (exact) mass is 719 g/mol. The summed E-state index contributed by atoms with van der Waals surface area (Å²) in [6.07, 6.45) is 0. The number of hydrogen-bond donors (Lipinski definition) is 0. The number of nitrogens with zero attached hydrogens (tertiary/aromatic N) is 1. The molecule has 0 radical (unpaired) electrons. The molecule has 2 aromatic heterocycles. The molecule has 0 atom stereocenters. The van der Waals surface area contributed by atoms with Crippen molar-refractivity contribution in [2.24, 2.45) is 0 Å². The number of fused-ring (bicyclic) bond motifs is 7. The third-order valence-corrected chi connectivity index (χ3v) is 12.0. The molecule has 0 aliphatic carbocycles. The lowest BCUT2D eigenvalue weighted by Crippen LogP contribution is -2.11. The van der Waals surface area contributed by atoms with Crippen LogP contribution in [-0.4, -0.2) is 0 Å². The average Bonchev–Trinajstić information content (AvgIpc) is 3.83. The van der Waals surface area contributed by atoms with Gasteiger partial charge in [0.2, 0.25) is 0 Å². The summed E-state index contributed by atoms with van der Waals surface area (Å²) >= 11 is 1.85. The SMILES string of the molecule is c1ccc(-c2cc(-c3cccc4c3oc3ccccc34)cc(N(c3ccc(-c4cccc5ccccc45)cc3)c3cccc4sc5ccccc5c34)c2)cc1. The van der Waals surface area contributed by atoms with Gasteiger partial charge in [-0.15, -0.1) is 11.3 Å². The second-order valence-electron chi connectivity index (χ2n) is 14.1. The Morgan fingerprint density at radius 1 is 0.382 bits per heavy atom. The zero-order valence-corrected chi connectivity index (χ0v) is 30.6. The summed E-state index contributed by atoms with van der Waals surface area (Å²) in [6, 6.07) is 72.3. The van der Waals surface area contributed by atoms with E-state index in [0.717, 1.165) is 61.3 Å². The van der Waals surface area contributed by atoms with Crippen LogP contribution >= 0.6 is 11.3 Å².